The standard InChI is InChI=1S/C14H10F2O2/c1-18-11-5-2-9(3-6-11)14(17)12-7-4-10(15)8-13(12)16/h2-8H,1H3. The highest BCUT2D eigenvalue weighted by atomic mass is 19.1. The molecular formula is C14H10F2O2. The van der Waals surface area contributed by atoms with Crippen molar-refractivity contribution < 1.29 is 18.3 Å². The highest BCUT2D eigenvalue weighted by Crippen LogP contribution is 2.17. The molecule has 0 N–H and O–H groups in total. The molecule has 0 atom stereocenters. The number of methoxy groups -OCH3 is 1. The third-order valence-electron chi connectivity index (χ3n) is 2.53. The van der Waals surface area contributed by atoms with E-state index in [1.165, 1.54) is 19.2 Å². The van der Waals surface area contributed by atoms with Crippen LogP contribution in [0.1, 0.15) is 15.9 Å². The zero-order valence-electron chi connectivity index (χ0n) is 9.61. The van der Waals surface area contributed by atoms with Gasteiger partial charge in [0.1, 0.15) is 17.4 Å². The first-order valence-corrected chi connectivity index (χ1v) is 5.25. The van der Waals surface area contributed by atoms with Gasteiger partial charge in [0.05, 0.1) is 12.7 Å². The maximum absolute atomic E-state index is 13.4. The van der Waals surface area contributed by atoms with Crippen LogP contribution in [0.2, 0.25) is 0 Å². The van der Waals surface area contributed by atoms with Crippen molar-refractivity contribution in [3.63, 3.8) is 0 Å². The molecule has 0 spiro atoms. The van der Waals surface area contributed by atoms with Crippen LogP contribution in [-0.2, 0) is 0 Å². The second kappa shape index (κ2) is 4.96. The SMILES string of the molecule is COc1ccc(C(=O)c2ccc(F)cc2F)cc1. The van der Waals surface area contributed by atoms with Gasteiger partial charge >= 0.3 is 0 Å². The number of halogens is 2. The van der Waals surface area contributed by atoms with Crippen LogP contribution < -0.4 is 4.74 Å². The maximum Gasteiger partial charge on any atom is 0.195 e. The Morgan fingerprint density at radius 2 is 1.72 bits per heavy atom. The van der Waals surface area contributed by atoms with Gasteiger partial charge in [-0.3, -0.25) is 4.79 Å². The molecule has 0 bridgehead atoms. The lowest BCUT2D eigenvalue weighted by Gasteiger charge is -2.04. The second-order valence-corrected chi connectivity index (χ2v) is 3.68. The van der Waals surface area contributed by atoms with Crippen LogP contribution in [0.25, 0.3) is 0 Å². The molecule has 0 saturated heterocycles. The number of hydrogen-bond acceptors (Lipinski definition) is 2. The van der Waals surface area contributed by atoms with E-state index in [9.17, 15) is 13.6 Å². The molecular weight excluding hydrogens is 238 g/mol. The number of carbonyl (C=O) groups is 1. The van der Waals surface area contributed by atoms with E-state index in [0.717, 1.165) is 12.1 Å². The Morgan fingerprint density at radius 3 is 2.28 bits per heavy atom. The lowest BCUT2D eigenvalue weighted by molar-refractivity contribution is 0.103. The Labute approximate surface area is 103 Å². The average molecular weight is 248 g/mol. The Hall–Kier alpha value is -2.23. The Balaban J connectivity index is 2.35. The molecule has 2 rings (SSSR count). The molecule has 18 heavy (non-hydrogen) atoms. The lowest BCUT2D eigenvalue weighted by Crippen LogP contribution is -2.04. The third-order valence-corrected chi connectivity index (χ3v) is 2.53. The van der Waals surface area contributed by atoms with Gasteiger partial charge in [-0.1, -0.05) is 0 Å². The molecule has 0 aliphatic heterocycles. The van der Waals surface area contributed by atoms with Crippen molar-refractivity contribution in [2.24, 2.45) is 0 Å². The van der Waals surface area contributed by atoms with Gasteiger partial charge in [-0.25, -0.2) is 8.78 Å². The van der Waals surface area contributed by atoms with Crippen LogP contribution >= 0.6 is 0 Å². The zero-order chi connectivity index (χ0) is 13.1. The molecule has 2 nitrogen and oxygen atoms in total. The van der Waals surface area contributed by atoms with E-state index in [1.54, 1.807) is 12.1 Å². The minimum Gasteiger partial charge on any atom is -0.497 e. The summed E-state index contributed by atoms with van der Waals surface area (Å²) in [6.07, 6.45) is 0. The summed E-state index contributed by atoms with van der Waals surface area (Å²) in [6, 6.07) is 9.16. The van der Waals surface area contributed by atoms with E-state index in [1.807, 2.05) is 0 Å². The summed E-state index contributed by atoms with van der Waals surface area (Å²) in [5.74, 6) is -1.46. The van der Waals surface area contributed by atoms with Crippen molar-refractivity contribution in [2.45, 2.75) is 0 Å². The number of ketones is 1. The number of hydrogen-bond donors (Lipinski definition) is 0. The van der Waals surface area contributed by atoms with Gasteiger partial charge in [0, 0.05) is 11.6 Å². The first-order valence-electron chi connectivity index (χ1n) is 5.25. The molecule has 0 aliphatic carbocycles. The van der Waals surface area contributed by atoms with Crippen LogP contribution in [0.4, 0.5) is 8.78 Å². The second-order valence-electron chi connectivity index (χ2n) is 3.68. The van der Waals surface area contributed by atoms with Crippen LogP contribution in [0.15, 0.2) is 42.5 Å². The summed E-state index contributed by atoms with van der Waals surface area (Å²) in [7, 11) is 1.51. The van der Waals surface area contributed by atoms with Crippen molar-refractivity contribution >= 4 is 5.78 Å². The first-order chi connectivity index (χ1) is 8.61. The fraction of sp³-hybridized carbons (Fsp3) is 0.0714. The minimum absolute atomic E-state index is 0.151. The summed E-state index contributed by atoms with van der Waals surface area (Å²) in [6.45, 7) is 0. The maximum atomic E-state index is 13.4. The lowest BCUT2D eigenvalue weighted by atomic mass is 10.0. The van der Waals surface area contributed by atoms with E-state index < -0.39 is 17.4 Å². The summed E-state index contributed by atoms with van der Waals surface area (Å²) in [5.41, 5.74) is 0.169. The van der Waals surface area contributed by atoms with Crippen LogP contribution in [0, 0.1) is 11.6 Å². The molecule has 2 aromatic rings. The number of ether oxygens (including phenoxy) is 1. The molecule has 2 aromatic carbocycles. The average Bonchev–Trinajstić information content (AvgIpc) is 2.38. The van der Waals surface area contributed by atoms with Gasteiger partial charge in [-0.05, 0) is 36.4 Å². The monoisotopic (exact) mass is 248 g/mol. The number of rotatable bonds is 3. The Bertz CT molecular complexity index is 577. The predicted octanol–water partition coefficient (Wildman–Crippen LogP) is 3.20. The predicted molar refractivity (Wildman–Crippen MR) is 62.8 cm³/mol. The van der Waals surface area contributed by atoms with E-state index in [4.69, 9.17) is 4.74 Å². The molecule has 4 heteroatoms. The van der Waals surface area contributed by atoms with Crippen molar-refractivity contribution in [2.75, 3.05) is 7.11 Å². The zero-order valence-corrected chi connectivity index (χ0v) is 9.61. The number of benzene rings is 2. The molecule has 0 aromatic heterocycles. The van der Waals surface area contributed by atoms with Gasteiger partial charge in [0.25, 0.3) is 0 Å². The van der Waals surface area contributed by atoms with Gasteiger partial charge in [-0.2, -0.15) is 0 Å². The molecule has 0 heterocycles. The fourth-order valence-electron chi connectivity index (χ4n) is 1.57. The van der Waals surface area contributed by atoms with Crippen LogP contribution in [0.5, 0.6) is 5.75 Å². The molecule has 0 saturated carbocycles. The smallest absolute Gasteiger partial charge is 0.195 e. The summed E-state index contributed by atoms with van der Waals surface area (Å²) >= 11 is 0. The summed E-state index contributed by atoms with van der Waals surface area (Å²) in [4.78, 5) is 12.0. The van der Waals surface area contributed by atoms with Crippen molar-refractivity contribution in [3.8, 4) is 5.75 Å². The fourth-order valence-corrected chi connectivity index (χ4v) is 1.57. The molecule has 92 valence electrons. The number of carbonyl (C=O) groups excluding carboxylic acids is 1. The van der Waals surface area contributed by atoms with Gasteiger partial charge < -0.3 is 4.74 Å². The van der Waals surface area contributed by atoms with Gasteiger partial charge in [0.2, 0.25) is 0 Å². The van der Waals surface area contributed by atoms with E-state index >= 15 is 0 Å². The van der Waals surface area contributed by atoms with Crippen LogP contribution in [-0.4, -0.2) is 12.9 Å². The van der Waals surface area contributed by atoms with Crippen molar-refractivity contribution in [1.82, 2.24) is 0 Å². The first kappa shape index (κ1) is 12.2. The highest BCUT2D eigenvalue weighted by molar-refractivity contribution is 6.09. The van der Waals surface area contributed by atoms with Crippen molar-refractivity contribution in [1.29, 1.82) is 0 Å². The molecule has 0 fully saturated rings. The molecule has 0 radical (unpaired) electrons. The minimum atomic E-state index is -0.865. The Kier molecular flexibility index (Phi) is 3.37. The van der Waals surface area contributed by atoms with Crippen molar-refractivity contribution in [3.05, 3.63) is 65.2 Å². The molecule has 0 amide bonds. The van der Waals surface area contributed by atoms with Gasteiger partial charge in [-0.15, -0.1) is 0 Å². The van der Waals surface area contributed by atoms with E-state index in [2.05, 4.69) is 0 Å². The third kappa shape index (κ3) is 2.37. The van der Waals surface area contributed by atoms with Gasteiger partial charge in [0.15, 0.2) is 5.78 Å². The largest absolute Gasteiger partial charge is 0.497 e. The van der Waals surface area contributed by atoms with Crippen LogP contribution in [0.3, 0.4) is 0 Å². The quantitative estimate of drug-likeness (QED) is 0.780. The summed E-state index contributed by atoms with van der Waals surface area (Å²) in [5, 5.41) is 0. The molecule has 0 unspecified atom stereocenters. The topological polar surface area (TPSA) is 26.3 Å². The highest BCUT2D eigenvalue weighted by Gasteiger charge is 2.14. The normalized spacial score (nSPS) is 10.2. The molecule has 0 aliphatic rings. The van der Waals surface area contributed by atoms with E-state index in [0.29, 0.717) is 17.4 Å². The van der Waals surface area contributed by atoms with E-state index in [-0.39, 0.29) is 5.56 Å². The Morgan fingerprint density at radius 1 is 1.06 bits per heavy atom. The summed E-state index contributed by atoms with van der Waals surface area (Å²) < 4.78 is 31.1.